The van der Waals surface area contributed by atoms with Crippen molar-refractivity contribution < 1.29 is 14.3 Å². The van der Waals surface area contributed by atoms with Gasteiger partial charge in [-0.15, -0.1) is 0 Å². The van der Waals surface area contributed by atoms with E-state index in [4.69, 9.17) is 21.1 Å². The lowest BCUT2D eigenvalue weighted by molar-refractivity contribution is 0.0944. The number of halogens is 1. The second-order valence-electron chi connectivity index (χ2n) is 6.11. The number of hydrogen-bond donors (Lipinski definition) is 2. The third-order valence-electron chi connectivity index (χ3n) is 4.19. The van der Waals surface area contributed by atoms with E-state index in [1.54, 1.807) is 19.2 Å². The molecule has 0 saturated carbocycles. The molecule has 0 aliphatic carbocycles. The van der Waals surface area contributed by atoms with Gasteiger partial charge in [-0.1, -0.05) is 24.9 Å². The number of methoxy groups -OCH3 is 1. The average molecular weight is 355 g/mol. The van der Waals surface area contributed by atoms with Crippen molar-refractivity contribution in [2.24, 2.45) is 5.92 Å². The minimum Gasteiger partial charge on any atom is -0.493 e. The first-order valence-corrected chi connectivity index (χ1v) is 9.02. The van der Waals surface area contributed by atoms with Crippen LogP contribution in [0.15, 0.2) is 12.1 Å². The number of nitrogens with one attached hydrogen (secondary N) is 2. The smallest absolute Gasteiger partial charge is 0.251 e. The van der Waals surface area contributed by atoms with Gasteiger partial charge < -0.3 is 20.1 Å². The minimum atomic E-state index is -0.138. The monoisotopic (exact) mass is 354 g/mol. The van der Waals surface area contributed by atoms with Crippen LogP contribution in [0.2, 0.25) is 5.02 Å². The fraction of sp³-hybridized carbons (Fsp3) is 0.611. The van der Waals surface area contributed by atoms with Crippen LogP contribution >= 0.6 is 11.6 Å². The molecule has 1 amide bonds. The molecule has 1 heterocycles. The Kier molecular flexibility index (Phi) is 7.66. The molecule has 2 N–H and O–H groups in total. The number of carbonyl (C=O) groups excluding carboxylic acids is 1. The second kappa shape index (κ2) is 9.74. The highest BCUT2D eigenvalue weighted by Crippen LogP contribution is 2.36. The molecule has 24 heavy (non-hydrogen) atoms. The van der Waals surface area contributed by atoms with Crippen molar-refractivity contribution in [1.82, 2.24) is 10.6 Å². The fourth-order valence-corrected chi connectivity index (χ4v) is 3.01. The number of rotatable bonds is 8. The molecule has 0 bridgehead atoms. The zero-order valence-corrected chi connectivity index (χ0v) is 15.2. The molecule has 1 atom stereocenters. The van der Waals surface area contributed by atoms with Crippen LogP contribution < -0.4 is 20.1 Å². The highest BCUT2D eigenvalue weighted by Gasteiger charge is 2.18. The Bertz CT molecular complexity index is 545. The van der Waals surface area contributed by atoms with Gasteiger partial charge in [0.25, 0.3) is 5.91 Å². The zero-order valence-electron chi connectivity index (χ0n) is 14.5. The molecule has 1 fully saturated rings. The van der Waals surface area contributed by atoms with Crippen LogP contribution in [0.25, 0.3) is 0 Å². The normalized spacial score (nSPS) is 17.4. The van der Waals surface area contributed by atoms with Crippen molar-refractivity contribution in [3.8, 4) is 11.5 Å². The van der Waals surface area contributed by atoms with Crippen LogP contribution in [0.1, 0.15) is 43.0 Å². The Balaban J connectivity index is 2.00. The molecule has 6 heteroatoms. The van der Waals surface area contributed by atoms with E-state index < -0.39 is 0 Å². The topological polar surface area (TPSA) is 59.6 Å². The summed E-state index contributed by atoms with van der Waals surface area (Å²) < 4.78 is 11.0. The molecule has 0 spiro atoms. The lowest BCUT2D eigenvalue weighted by atomic mass is 9.99. The van der Waals surface area contributed by atoms with E-state index in [9.17, 15) is 4.79 Å². The predicted molar refractivity (Wildman–Crippen MR) is 96.3 cm³/mol. The van der Waals surface area contributed by atoms with Gasteiger partial charge in [-0.3, -0.25) is 4.79 Å². The van der Waals surface area contributed by atoms with Crippen LogP contribution in [0, 0.1) is 5.92 Å². The summed E-state index contributed by atoms with van der Waals surface area (Å²) in [7, 11) is 1.55. The number of hydrogen-bond acceptors (Lipinski definition) is 4. The fourth-order valence-electron chi connectivity index (χ4n) is 2.75. The molecular weight excluding hydrogens is 328 g/mol. The van der Waals surface area contributed by atoms with Crippen molar-refractivity contribution in [3.05, 3.63) is 22.7 Å². The maximum absolute atomic E-state index is 12.4. The molecule has 5 nitrogen and oxygen atoms in total. The summed E-state index contributed by atoms with van der Waals surface area (Å²) in [6.07, 6.45) is 4.28. The number of ether oxygens (including phenoxy) is 2. The first-order valence-electron chi connectivity index (χ1n) is 8.65. The number of amides is 1. The number of piperidine rings is 1. The summed E-state index contributed by atoms with van der Waals surface area (Å²) in [5.74, 6) is 1.33. The van der Waals surface area contributed by atoms with Crippen molar-refractivity contribution in [2.75, 3.05) is 33.4 Å². The Morgan fingerprint density at radius 1 is 1.46 bits per heavy atom. The van der Waals surface area contributed by atoms with Crippen LogP contribution in [-0.2, 0) is 0 Å². The van der Waals surface area contributed by atoms with Gasteiger partial charge in [-0.25, -0.2) is 0 Å². The summed E-state index contributed by atoms with van der Waals surface area (Å²) >= 11 is 6.29. The van der Waals surface area contributed by atoms with Gasteiger partial charge in [-0.2, -0.15) is 0 Å². The standard InChI is InChI=1S/C18H27ClN2O3/c1-3-4-8-24-17-15(19)9-14(10-16(17)23-2)18(22)21-12-13-6-5-7-20-11-13/h9-10,13,20H,3-8,11-12H2,1-2H3,(H,21,22). The Labute approximate surface area is 149 Å². The van der Waals surface area contributed by atoms with Gasteiger partial charge in [-0.05, 0) is 50.4 Å². The van der Waals surface area contributed by atoms with Gasteiger partial charge in [0, 0.05) is 12.1 Å². The molecule has 134 valence electrons. The summed E-state index contributed by atoms with van der Waals surface area (Å²) in [4.78, 5) is 12.4. The molecule has 1 unspecified atom stereocenters. The molecule has 2 rings (SSSR count). The second-order valence-corrected chi connectivity index (χ2v) is 6.52. The van der Waals surface area contributed by atoms with Crippen LogP contribution in [0.3, 0.4) is 0 Å². The van der Waals surface area contributed by atoms with Crippen molar-refractivity contribution in [3.63, 3.8) is 0 Å². The van der Waals surface area contributed by atoms with Gasteiger partial charge in [0.2, 0.25) is 0 Å². The molecule has 1 aliphatic rings. The van der Waals surface area contributed by atoms with E-state index >= 15 is 0 Å². The summed E-state index contributed by atoms with van der Waals surface area (Å²) in [6.45, 7) is 5.36. The third-order valence-corrected chi connectivity index (χ3v) is 4.47. The van der Waals surface area contributed by atoms with Gasteiger partial charge in [0.1, 0.15) is 0 Å². The van der Waals surface area contributed by atoms with E-state index in [1.165, 1.54) is 0 Å². The molecule has 1 aliphatic heterocycles. The summed E-state index contributed by atoms with van der Waals surface area (Å²) in [6, 6.07) is 3.32. The zero-order chi connectivity index (χ0) is 17.4. The summed E-state index contributed by atoms with van der Waals surface area (Å²) in [5, 5.41) is 6.73. The highest BCUT2D eigenvalue weighted by molar-refractivity contribution is 6.32. The molecule has 1 aromatic carbocycles. The largest absolute Gasteiger partial charge is 0.493 e. The molecular formula is C18H27ClN2O3. The minimum absolute atomic E-state index is 0.138. The van der Waals surface area contributed by atoms with Crippen molar-refractivity contribution >= 4 is 17.5 Å². The third kappa shape index (κ3) is 5.28. The Morgan fingerprint density at radius 2 is 2.29 bits per heavy atom. The molecule has 0 radical (unpaired) electrons. The Morgan fingerprint density at radius 3 is 2.96 bits per heavy atom. The van der Waals surface area contributed by atoms with E-state index in [-0.39, 0.29) is 5.91 Å². The maximum atomic E-state index is 12.4. The number of benzene rings is 1. The van der Waals surface area contributed by atoms with Crippen LogP contribution in [-0.4, -0.2) is 39.3 Å². The van der Waals surface area contributed by atoms with E-state index in [2.05, 4.69) is 17.6 Å². The van der Waals surface area contributed by atoms with Gasteiger partial charge in [0.05, 0.1) is 18.7 Å². The molecule has 0 aromatic heterocycles. The van der Waals surface area contributed by atoms with E-state index in [1.807, 2.05) is 0 Å². The lowest BCUT2D eigenvalue weighted by Gasteiger charge is -2.23. The predicted octanol–water partition coefficient (Wildman–Crippen LogP) is 3.26. The van der Waals surface area contributed by atoms with Gasteiger partial charge in [0.15, 0.2) is 11.5 Å². The maximum Gasteiger partial charge on any atom is 0.251 e. The number of unbranched alkanes of at least 4 members (excludes halogenated alkanes) is 1. The van der Waals surface area contributed by atoms with Gasteiger partial charge >= 0.3 is 0 Å². The molecule has 1 saturated heterocycles. The SMILES string of the molecule is CCCCOc1c(Cl)cc(C(=O)NCC2CCCNC2)cc1OC. The van der Waals surface area contributed by atoms with E-state index in [0.717, 1.165) is 38.8 Å². The van der Waals surface area contributed by atoms with E-state index in [0.29, 0.717) is 41.2 Å². The average Bonchev–Trinajstić information content (AvgIpc) is 2.61. The van der Waals surface area contributed by atoms with Crippen LogP contribution in [0.4, 0.5) is 0 Å². The van der Waals surface area contributed by atoms with Crippen LogP contribution in [0.5, 0.6) is 11.5 Å². The lowest BCUT2D eigenvalue weighted by Crippen LogP contribution is -2.38. The quantitative estimate of drug-likeness (QED) is 0.703. The summed E-state index contributed by atoms with van der Waals surface area (Å²) in [5.41, 5.74) is 0.489. The first-order chi connectivity index (χ1) is 11.7. The van der Waals surface area contributed by atoms with Crippen molar-refractivity contribution in [2.45, 2.75) is 32.6 Å². The Hall–Kier alpha value is -1.46. The first kappa shape index (κ1) is 18.9. The van der Waals surface area contributed by atoms with Crippen molar-refractivity contribution in [1.29, 1.82) is 0 Å². The highest BCUT2D eigenvalue weighted by atomic mass is 35.5. The number of carbonyl (C=O) groups is 1. The molecule has 1 aromatic rings.